The Kier molecular flexibility index (Phi) is 10.0. The molecule has 0 spiro atoms. The Hall–Kier alpha value is -2.60. The first-order valence-electron chi connectivity index (χ1n) is 8.58. The highest BCUT2D eigenvalue weighted by Gasteiger charge is 2.28. The molecule has 0 aliphatic carbocycles. The van der Waals surface area contributed by atoms with E-state index in [2.05, 4.69) is 20.6 Å². The molecule has 0 saturated heterocycles. The fraction of sp³-hybridized carbons (Fsp3) is 0.562. The second kappa shape index (κ2) is 12.0. The Morgan fingerprint density at radius 3 is 2.43 bits per heavy atom. The summed E-state index contributed by atoms with van der Waals surface area (Å²) in [5, 5.41) is 14.1. The Morgan fingerprint density at radius 1 is 1.21 bits per heavy atom. The average molecular weight is 414 g/mol. The number of carbonyl (C=O) groups is 4. The molecule has 8 N–H and O–H groups in total. The number of aromatic nitrogens is 2. The van der Waals surface area contributed by atoms with Gasteiger partial charge in [0, 0.05) is 24.7 Å². The summed E-state index contributed by atoms with van der Waals surface area (Å²) in [5.41, 5.74) is 11.6. The molecule has 1 aromatic heterocycles. The molecule has 0 aliphatic heterocycles. The number of imidazole rings is 1. The lowest BCUT2D eigenvalue weighted by Crippen LogP contribution is -2.55. The lowest BCUT2D eigenvalue weighted by Gasteiger charge is -2.22. The highest BCUT2D eigenvalue weighted by molar-refractivity contribution is 7.98. The number of H-pyrrole nitrogens is 1. The number of aromatic amines is 1. The third-order valence-electron chi connectivity index (χ3n) is 3.87. The molecule has 3 amide bonds. The maximum atomic E-state index is 12.5. The Morgan fingerprint density at radius 2 is 1.89 bits per heavy atom. The lowest BCUT2D eigenvalue weighted by molar-refractivity contribution is -0.142. The van der Waals surface area contributed by atoms with Gasteiger partial charge in [0.25, 0.3) is 0 Å². The van der Waals surface area contributed by atoms with E-state index in [9.17, 15) is 24.3 Å². The van der Waals surface area contributed by atoms with Crippen LogP contribution < -0.4 is 22.1 Å². The Labute approximate surface area is 166 Å². The predicted octanol–water partition coefficient (Wildman–Crippen LogP) is -1.65. The van der Waals surface area contributed by atoms with Crippen LogP contribution in [0, 0.1) is 0 Å². The van der Waals surface area contributed by atoms with Gasteiger partial charge in [-0.15, -0.1) is 0 Å². The Bertz CT molecular complexity index is 668. The van der Waals surface area contributed by atoms with Crippen LogP contribution in [0.15, 0.2) is 12.5 Å². The summed E-state index contributed by atoms with van der Waals surface area (Å²) >= 11 is 1.44. The number of rotatable bonds is 13. The van der Waals surface area contributed by atoms with Crippen molar-refractivity contribution >= 4 is 35.5 Å². The van der Waals surface area contributed by atoms with Gasteiger partial charge in [0.1, 0.15) is 12.1 Å². The molecule has 11 nitrogen and oxygen atoms in total. The van der Waals surface area contributed by atoms with Gasteiger partial charge in [-0.25, -0.2) is 9.78 Å². The van der Waals surface area contributed by atoms with Crippen LogP contribution in [0.5, 0.6) is 0 Å². The fourth-order valence-electron chi connectivity index (χ4n) is 2.33. The number of hydrogen-bond acceptors (Lipinski definition) is 7. The molecule has 28 heavy (non-hydrogen) atoms. The minimum atomic E-state index is -1.18. The number of aliphatic carboxylic acids is 1. The van der Waals surface area contributed by atoms with Gasteiger partial charge in [0.05, 0.1) is 12.4 Å². The molecule has 0 saturated carbocycles. The van der Waals surface area contributed by atoms with Crippen molar-refractivity contribution in [1.29, 1.82) is 0 Å². The zero-order chi connectivity index (χ0) is 21.1. The van der Waals surface area contributed by atoms with Crippen LogP contribution >= 0.6 is 11.8 Å². The summed E-state index contributed by atoms with van der Waals surface area (Å²) in [6.07, 6.45) is 4.95. The molecule has 0 bridgehead atoms. The maximum absolute atomic E-state index is 12.5. The molecule has 0 fully saturated rings. The van der Waals surface area contributed by atoms with Gasteiger partial charge in [-0.2, -0.15) is 11.8 Å². The van der Waals surface area contributed by atoms with Crippen molar-refractivity contribution in [3.05, 3.63) is 18.2 Å². The van der Waals surface area contributed by atoms with Crippen molar-refractivity contribution < 1.29 is 24.3 Å². The smallest absolute Gasteiger partial charge is 0.326 e. The third kappa shape index (κ3) is 8.39. The summed E-state index contributed by atoms with van der Waals surface area (Å²) in [7, 11) is 0. The van der Waals surface area contributed by atoms with Gasteiger partial charge in [0.2, 0.25) is 17.7 Å². The van der Waals surface area contributed by atoms with Gasteiger partial charge in [0.15, 0.2) is 0 Å². The molecule has 0 unspecified atom stereocenters. The molecule has 1 rings (SSSR count). The highest BCUT2D eigenvalue weighted by Crippen LogP contribution is 2.05. The quantitative estimate of drug-likeness (QED) is 0.221. The van der Waals surface area contributed by atoms with Crippen LogP contribution in [-0.4, -0.2) is 68.9 Å². The van der Waals surface area contributed by atoms with Gasteiger partial charge in [-0.05, 0) is 24.9 Å². The summed E-state index contributed by atoms with van der Waals surface area (Å²) in [5.74, 6) is -2.62. The van der Waals surface area contributed by atoms with E-state index in [4.69, 9.17) is 11.5 Å². The van der Waals surface area contributed by atoms with E-state index in [0.717, 1.165) is 0 Å². The topological polar surface area (TPSA) is 193 Å². The number of carbonyl (C=O) groups excluding carboxylic acids is 3. The van der Waals surface area contributed by atoms with Crippen molar-refractivity contribution in [2.45, 2.75) is 43.8 Å². The van der Waals surface area contributed by atoms with Crippen LogP contribution in [0.25, 0.3) is 0 Å². The van der Waals surface area contributed by atoms with E-state index in [1.165, 1.54) is 24.3 Å². The third-order valence-corrected chi connectivity index (χ3v) is 4.51. The van der Waals surface area contributed by atoms with E-state index in [1.807, 2.05) is 6.26 Å². The van der Waals surface area contributed by atoms with Crippen molar-refractivity contribution in [2.24, 2.45) is 11.5 Å². The standard InChI is InChI=1S/C16H26N6O5S/c1-28-5-4-12(16(26)27)22-15(25)11(2-3-13(18)23)21-14(24)10(17)6-9-7-19-8-20-9/h7-8,10-12H,2-6,17H2,1H3,(H2,18,23)(H,19,20)(H,21,24)(H,22,25)(H,26,27)/t10-,11-,12-/m0/s1. The SMILES string of the molecule is CSCC[C@H](NC(=O)[C@H](CCC(N)=O)NC(=O)[C@@H](N)Cc1cnc[nH]1)C(=O)O. The fourth-order valence-corrected chi connectivity index (χ4v) is 2.80. The first-order chi connectivity index (χ1) is 13.2. The number of carboxylic acids is 1. The van der Waals surface area contributed by atoms with Gasteiger partial charge >= 0.3 is 5.97 Å². The van der Waals surface area contributed by atoms with E-state index in [-0.39, 0.29) is 25.7 Å². The maximum Gasteiger partial charge on any atom is 0.326 e. The second-order valence-corrected chi connectivity index (χ2v) is 7.12. The zero-order valence-electron chi connectivity index (χ0n) is 15.5. The van der Waals surface area contributed by atoms with Crippen molar-refractivity contribution in [2.75, 3.05) is 12.0 Å². The second-order valence-electron chi connectivity index (χ2n) is 6.13. The van der Waals surface area contributed by atoms with E-state index in [0.29, 0.717) is 11.4 Å². The molecule has 1 heterocycles. The number of thioether (sulfide) groups is 1. The summed E-state index contributed by atoms with van der Waals surface area (Å²) in [4.78, 5) is 53.9. The molecule has 156 valence electrons. The first-order valence-corrected chi connectivity index (χ1v) is 9.97. The average Bonchev–Trinajstić information content (AvgIpc) is 3.14. The van der Waals surface area contributed by atoms with E-state index < -0.39 is 41.8 Å². The number of carboxylic acid groups (broad SMARTS) is 1. The van der Waals surface area contributed by atoms with Crippen LogP contribution in [0.4, 0.5) is 0 Å². The molecule has 3 atom stereocenters. The predicted molar refractivity (Wildman–Crippen MR) is 103 cm³/mol. The number of hydrogen-bond donors (Lipinski definition) is 6. The van der Waals surface area contributed by atoms with Crippen LogP contribution in [0.3, 0.4) is 0 Å². The molecular weight excluding hydrogens is 388 g/mol. The number of nitrogens with zero attached hydrogens (tertiary/aromatic N) is 1. The summed E-state index contributed by atoms with van der Waals surface area (Å²) < 4.78 is 0. The molecule has 0 aromatic carbocycles. The summed E-state index contributed by atoms with van der Waals surface area (Å²) in [6, 6.07) is -3.20. The molecule has 1 aromatic rings. The van der Waals surface area contributed by atoms with E-state index >= 15 is 0 Å². The molecule has 0 aliphatic rings. The van der Waals surface area contributed by atoms with Gasteiger partial charge < -0.3 is 32.2 Å². The van der Waals surface area contributed by atoms with Gasteiger partial charge in [-0.3, -0.25) is 14.4 Å². The normalized spacial score (nSPS) is 13.9. The summed E-state index contributed by atoms with van der Waals surface area (Å²) in [6.45, 7) is 0. The highest BCUT2D eigenvalue weighted by atomic mass is 32.2. The Balaban J connectivity index is 2.76. The minimum Gasteiger partial charge on any atom is -0.480 e. The number of nitrogens with one attached hydrogen (secondary N) is 3. The van der Waals surface area contributed by atoms with Crippen molar-refractivity contribution in [3.8, 4) is 0 Å². The minimum absolute atomic E-state index is 0.0709. The molecule has 0 radical (unpaired) electrons. The molecular formula is C16H26N6O5S. The number of amides is 3. The first kappa shape index (κ1) is 23.4. The molecule has 12 heteroatoms. The monoisotopic (exact) mass is 414 g/mol. The van der Waals surface area contributed by atoms with Crippen LogP contribution in [0.2, 0.25) is 0 Å². The largest absolute Gasteiger partial charge is 0.480 e. The number of primary amides is 1. The zero-order valence-corrected chi connectivity index (χ0v) is 16.3. The van der Waals surface area contributed by atoms with Crippen LogP contribution in [-0.2, 0) is 25.6 Å². The lowest BCUT2D eigenvalue weighted by atomic mass is 10.1. The van der Waals surface area contributed by atoms with E-state index in [1.54, 1.807) is 0 Å². The number of nitrogens with two attached hydrogens (primary N) is 2. The van der Waals surface area contributed by atoms with Crippen molar-refractivity contribution in [1.82, 2.24) is 20.6 Å². The van der Waals surface area contributed by atoms with Crippen molar-refractivity contribution in [3.63, 3.8) is 0 Å². The van der Waals surface area contributed by atoms with Gasteiger partial charge in [-0.1, -0.05) is 0 Å². The van der Waals surface area contributed by atoms with Crippen LogP contribution in [0.1, 0.15) is 25.0 Å².